The number of aromatic nitrogens is 2. The van der Waals surface area contributed by atoms with E-state index in [1.807, 2.05) is 60.3 Å². The maximum Gasteiger partial charge on any atom is 0.251 e. The van der Waals surface area contributed by atoms with Crippen molar-refractivity contribution >= 4 is 16.8 Å². The van der Waals surface area contributed by atoms with Gasteiger partial charge in [0.15, 0.2) is 0 Å². The fraction of sp³-hybridized carbons (Fsp3) is 0.300. The standard InChI is InChI=1S/C20H21N3O2/c1-23-9-7-13-5-6-14(12-18(13)23)20(25)22-19(15-10-16(24)11-15)17-4-2-3-8-21-17/h2-9,12,15-16,19,24H,10-11H2,1H3,(H,22,25)/t15?,16?,19-/m0/s1. The minimum Gasteiger partial charge on any atom is -0.393 e. The van der Waals surface area contributed by atoms with Crippen LogP contribution in [-0.4, -0.2) is 26.7 Å². The molecule has 3 aromatic rings. The number of carbonyl (C=O) groups is 1. The highest BCUT2D eigenvalue weighted by Crippen LogP contribution is 2.37. The first-order valence-electron chi connectivity index (χ1n) is 8.57. The van der Waals surface area contributed by atoms with Crippen LogP contribution in [0.25, 0.3) is 10.9 Å². The van der Waals surface area contributed by atoms with E-state index < -0.39 is 0 Å². The maximum absolute atomic E-state index is 12.8. The van der Waals surface area contributed by atoms with Crippen molar-refractivity contribution < 1.29 is 9.90 Å². The van der Waals surface area contributed by atoms with Gasteiger partial charge in [-0.1, -0.05) is 12.1 Å². The van der Waals surface area contributed by atoms with Crippen LogP contribution in [-0.2, 0) is 7.05 Å². The van der Waals surface area contributed by atoms with Gasteiger partial charge in [-0.25, -0.2) is 0 Å². The average Bonchev–Trinajstić information content (AvgIpc) is 2.98. The number of amides is 1. The highest BCUT2D eigenvalue weighted by molar-refractivity contribution is 5.98. The quantitative estimate of drug-likeness (QED) is 0.770. The van der Waals surface area contributed by atoms with Crippen LogP contribution >= 0.6 is 0 Å². The molecule has 0 aliphatic heterocycles. The van der Waals surface area contributed by atoms with Gasteiger partial charge in [0.1, 0.15) is 0 Å². The van der Waals surface area contributed by atoms with Gasteiger partial charge in [0, 0.05) is 30.5 Å². The van der Waals surface area contributed by atoms with Gasteiger partial charge in [-0.15, -0.1) is 0 Å². The van der Waals surface area contributed by atoms with Crippen LogP contribution in [0.5, 0.6) is 0 Å². The molecule has 1 amide bonds. The van der Waals surface area contributed by atoms with Crippen LogP contribution < -0.4 is 5.32 Å². The molecule has 0 unspecified atom stereocenters. The summed E-state index contributed by atoms with van der Waals surface area (Å²) in [6.07, 6.45) is 4.84. The maximum atomic E-state index is 12.8. The van der Waals surface area contributed by atoms with Crippen LogP contribution in [0.15, 0.2) is 54.9 Å². The number of pyridine rings is 1. The summed E-state index contributed by atoms with van der Waals surface area (Å²) in [7, 11) is 1.97. The third-order valence-electron chi connectivity index (χ3n) is 5.06. The Balaban J connectivity index is 1.60. The Morgan fingerprint density at radius 3 is 2.84 bits per heavy atom. The van der Waals surface area contributed by atoms with Gasteiger partial charge in [0.2, 0.25) is 0 Å². The number of benzene rings is 1. The van der Waals surface area contributed by atoms with Crippen molar-refractivity contribution in [2.24, 2.45) is 13.0 Å². The lowest BCUT2D eigenvalue weighted by molar-refractivity contribution is 0.0228. The van der Waals surface area contributed by atoms with Crippen LogP contribution in [0.2, 0.25) is 0 Å². The molecular formula is C20H21N3O2. The molecule has 2 N–H and O–H groups in total. The van der Waals surface area contributed by atoms with E-state index in [0.29, 0.717) is 18.4 Å². The Morgan fingerprint density at radius 2 is 2.12 bits per heavy atom. The molecule has 25 heavy (non-hydrogen) atoms. The summed E-state index contributed by atoms with van der Waals surface area (Å²) in [5.74, 6) is 0.104. The van der Waals surface area contributed by atoms with Crippen molar-refractivity contribution in [3.05, 3.63) is 66.1 Å². The predicted octanol–water partition coefficient (Wildman–Crippen LogP) is 2.82. The number of rotatable bonds is 4. The molecule has 2 aromatic heterocycles. The van der Waals surface area contributed by atoms with E-state index in [1.54, 1.807) is 6.20 Å². The molecule has 0 bridgehead atoms. The average molecular weight is 335 g/mol. The van der Waals surface area contributed by atoms with Gasteiger partial charge in [-0.2, -0.15) is 0 Å². The zero-order chi connectivity index (χ0) is 17.4. The molecule has 128 valence electrons. The number of aliphatic hydroxyl groups excluding tert-OH is 1. The molecule has 1 aliphatic carbocycles. The first-order chi connectivity index (χ1) is 12.1. The number of hydrogen-bond acceptors (Lipinski definition) is 3. The number of fused-ring (bicyclic) bond motifs is 1. The molecule has 1 fully saturated rings. The molecule has 1 saturated carbocycles. The first kappa shape index (κ1) is 15.8. The fourth-order valence-electron chi connectivity index (χ4n) is 3.52. The van der Waals surface area contributed by atoms with Gasteiger partial charge in [0.25, 0.3) is 5.91 Å². The number of nitrogens with one attached hydrogen (secondary N) is 1. The third-order valence-corrected chi connectivity index (χ3v) is 5.06. The largest absolute Gasteiger partial charge is 0.393 e. The van der Waals surface area contributed by atoms with E-state index >= 15 is 0 Å². The summed E-state index contributed by atoms with van der Waals surface area (Å²) < 4.78 is 2.00. The SMILES string of the molecule is Cn1ccc2ccc(C(=O)N[C@H](c3ccccn3)C3CC(O)C3)cc21. The van der Waals surface area contributed by atoms with E-state index in [9.17, 15) is 9.90 Å². The van der Waals surface area contributed by atoms with Crippen molar-refractivity contribution in [3.63, 3.8) is 0 Å². The van der Waals surface area contributed by atoms with E-state index in [1.165, 1.54) is 0 Å². The summed E-state index contributed by atoms with van der Waals surface area (Å²) in [6, 6.07) is 13.3. The fourth-order valence-corrected chi connectivity index (χ4v) is 3.52. The first-order valence-corrected chi connectivity index (χ1v) is 8.57. The van der Waals surface area contributed by atoms with E-state index in [4.69, 9.17) is 0 Å². The second kappa shape index (κ2) is 6.33. The minimum absolute atomic E-state index is 0.111. The molecule has 1 atom stereocenters. The number of aliphatic hydroxyl groups is 1. The number of nitrogens with zero attached hydrogens (tertiary/aromatic N) is 2. The van der Waals surface area contributed by atoms with E-state index in [0.717, 1.165) is 16.6 Å². The van der Waals surface area contributed by atoms with E-state index in [2.05, 4.69) is 10.3 Å². The second-order valence-corrected chi connectivity index (χ2v) is 6.79. The number of hydrogen-bond donors (Lipinski definition) is 2. The number of aryl methyl sites for hydroxylation is 1. The van der Waals surface area contributed by atoms with Crippen molar-refractivity contribution in [1.82, 2.24) is 14.9 Å². The molecular weight excluding hydrogens is 314 g/mol. The lowest BCUT2D eigenvalue weighted by atomic mass is 9.76. The summed E-state index contributed by atoms with van der Waals surface area (Å²) in [4.78, 5) is 17.2. The van der Waals surface area contributed by atoms with Crippen molar-refractivity contribution in [2.45, 2.75) is 25.0 Å². The highest BCUT2D eigenvalue weighted by Gasteiger charge is 2.36. The Hall–Kier alpha value is -2.66. The normalized spacial score (nSPS) is 20.9. The molecule has 0 spiro atoms. The summed E-state index contributed by atoms with van der Waals surface area (Å²) in [5, 5.41) is 13.9. The highest BCUT2D eigenvalue weighted by atomic mass is 16.3. The Kier molecular flexibility index (Phi) is 4.01. The van der Waals surface area contributed by atoms with Gasteiger partial charge in [0.05, 0.1) is 17.8 Å². The zero-order valence-corrected chi connectivity index (χ0v) is 14.1. The zero-order valence-electron chi connectivity index (χ0n) is 14.1. The molecule has 4 rings (SSSR count). The monoisotopic (exact) mass is 335 g/mol. The molecule has 2 heterocycles. The van der Waals surface area contributed by atoms with Crippen LogP contribution in [0.1, 0.15) is 34.9 Å². The lowest BCUT2D eigenvalue weighted by Gasteiger charge is -2.37. The molecule has 5 heteroatoms. The van der Waals surface area contributed by atoms with Gasteiger partial charge in [-0.3, -0.25) is 9.78 Å². The predicted molar refractivity (Wildman–Crippen MR) is 96.1 cm³/mol. The summed E-state index contributed by atoms with van der Waals surface area (Å²) >= 11 is 0. The molecule has 0 saturated heterocycles. The third kappa shape index (κ3) is 3.03. The Labute approximate surface area is 146 Å². The van der Waals surface area contributed by atoms with Crippen LogP contribution in [0.4, 0.5) is 0 Å². The molecule has 1 aromatic carbocycles. The molecule has 0 radical (unpaired) electrons. The molecule has 5 nitrogen and oxygen atoms in total. The van der Waals surface area contributed by atoms with E-state index in [-0.39, 0.29) is 24.0 Å². The molecule has 1 aliphatic rings. The Morgan fingerprint density at radius 1 is 1.28 bits per heavy atom. The van der Waals surface area contributed by atoms with Crippen LogP contribution in [0, 0.1) is 5.92 Å². The number of carbonyl (C=O) groups excluding carboxylic acids is 1. The Bertz CT molecular complexity index is 898. The van der Waals surface area contributed by atoms with Crippen molar-refractivity contribution in [1.29, 1.82) is 0 Å². The van der Waals surface area contributed by atoms with Crippen LogP contribution in [0.3, 0.4) is 0 Å². The van der Waals surface area contributed by atoms with Crippen molar-refractivity contribution in [3.8, 4) is 0 Å². The van der Waals surface area contributed by atoms with Gasteiger partial charge < -0.3 is 15.0 Å². The summed E-state index contributed by atoms with van der Waals surface area (Å²) in [6.45, 7) is 0. The smallest absolute Gasteiger partial charge is 0.251 e. The summed E-state index contributed by atoms with van der Waals surface area (Å²) in [5.41, 5.74) is 2.50. The topological polar surface area (TPSA) is 67.2 Å². The lowest BCUT2D eigenvalue weighted by Crippen LogP contribution is -2.41. The minimum atomic E-state index is -0.271. The second-order valence-electron chi connectivity index (χ2n) is 6.79. The van der Waals surface area contributed by atoms with Gasteiger partial charge >= 0.3 is 0 Å². The van der Waals surface area contributed by atoms with Gasteiger partial charge in [-0.05, 0) is 54.5 Å². The van der Waals surface area contributed by atoms with Crippen molar-refractivity contribution in [2.75, 3.05) is 0 Å².